The summed E-state index contributed by atoms with van der Waals surface area (Å²) < 4.78 is 1.53. The number of aromatic nitrogens is 6. The second-order valence-electron chi connectivity index (χ2n) is 4.77. The minimum atomic E-state index is -0.266. The van der Waals surface area contributed by atoms with Crippen molar-refractivity contribution in [3.63, 3.8) is 0 Å². The Kier molecular flexibility index (Phi) is 2.17. The van der Waals surface area contributed by atoms with Gasteiger partial charge in [0.05, 0.1) is 22.1 Å². The molecule has 3 aromatic heterocycles. The summed E-state index contributed by atoms with van der Waals surface area (Å²) in [5.41, 5.74) is 3.13. The third-order valence-electron chi connectivity index (χ3n) is 3.43. The first-order valence-electron chi connectivity index (χ1n) is 6.26. The summed E-state index contributed by atoms with van der Waals surface area (Å²) in [6.45, 7) is 0. The van der Waals surface area contributed by atoms with E-state index in [2.05, 4.69) is 25.1 Å². The van der Waals surface area contributed by atoms with Crippen molar-refractivity contribution < 1.29 is 0 Å². The van der Waals surface area contributed by atoms with Gasteiger partial charge in [-0.2, -0.15) is 5.10 Å². The van der Waals surface area contributed by atoms with Crippen molar-refractivity contribution in [2.24, 2.45) is 7.05 Å². The van der Waals surface area contributed by atoms with E-state index < -0.39 is 0 Å². The van der Waals surface area contributed by atoms with Crippen molar-refractivity contribution in [1.29, 1.82) is 0 Å². The van der Waals surface area contributed by atoms with Gasteiger partial charge in [0.25, 0.3) is 5.56 Å². The quantitative estimate of drug-likeness (QED) is 0.471. The number of nitrogens with zero attached hydrogens (tertiary/aromatic N) is 3. The van der Waals surface area contributed by atoms with Crippen molar-refractivity contribution in [2.75, 3.05) is 0 Å². The van der Waals surface area contributed by atoms with Gasteiger partial charge in [-0.1, -0.05) is 0 Å². The molecule has 0 saturated heterocycles. The Bertz CT molecular complexity index is 1080. The summed E-state index contributed by atoms with van der Waals surface area (Å²) in [7, 11) is 1.70. The lowest BCUT2D eigenvalue weighted by Crippen LogP contribution is -2.11. The summed E-state index contributed by atoms with van der Waals surface area (Å²) >= 11 is 0. The van der Waals surface area contributed by atoms with E-state index >= 15 is 0 Å². The van der Waals surface area contributed by atoms with Crippen LogP contribution >= 0.6 is 0 Å². The maximum Gasteiger partial charge on any atom is 0.326 e. The van der Waals surface area contributed by atoms with E-state index in [1.165, 1.54) is 10.6 Å². The molecule has 0 fully saturated rings. The van der Waals surface area contributed by atoms with Gasteiger partial charge in [-0.25, -0.2) is 14.9 Å². The number of hydrogen-bond acceptors (Lipinski definition) is 4. The standard InChI is InChI=1S/C13H10N6O2/c1-19-10-5-8-7(4-9(10)16-13(19)21)14-12(15-8)6-2-3-11(20)18-17-6/h2-5H,1H3,(H,14,15)(H,16,21)(H,18,20). The fourth-order valence-electron chi connectivity index (χ4n) is 2.33. The molecule has 104 valence electrons. The van der Waals surface area contributed by atoms with Crippen molar-refractivity contribution in [1.82, 2.24) is 29.7 Å². The van der Waals surface area contributed by atoms with Gasteiger partial charge in [0.1, 0.15) is 5.69 Å². The van der Waals surface area contributed by atoms with Crippen molar-refractivity contribution >= 4 is 22.1 Å². The maximum atomic E-state index is 11.6. The average molecular weight is 282 g/mol. The fourth-order valence-corrected chi connectivity index (χ4v) is 2.33. The first-order chi connectivity index (χ1) is 10.1. The number of fused-ring (bicyclic) bond motifs is 2. The zero-order valence-electron chi connectivity index (χ0n) is 11.0. The molecule has 0 atom stereocenters. The second-order valence-corrected chi connectivity index (χ2v) is 4.77. The Morgan fingerprint density at radius 2 is 1.95 bits per heavy atom. The van der Waals surface area contributed by atoms with Gasteiger partial charge < -0.3 is 9.97 Å². The molecule has 0 bridgehead atoms. The Morgan fingerprint density at radius 3 is 2.71 bits per heavy atom. The summed E-state index contributed by atoms with van der Waals surface area (Å²) in [4.78, 5) is 33.0. The molecule has 0 amide bonds. The number of aryl methyl sites for hydroxylation is 1. The number of hydrogen-bond donors (Lipinski definition) is 3. The Hall–Kier alpha value is -3.16. The Morgan fingerprint density at radius 1 is 1.10 bits per heavy atom. The van der Waals surface area contributed by atoms with E-state index in [0.29, 0.717) is 11.5 Å². The van der Waals surface area contributed by atoms with E-state index in [1.54, 1.807) is 13.1 Å². The summed E-state index contributed by atoms with van der Waals surface area (Å²) in [6, 6.07) is 6.64. The minimum absolute atomic E-state index is 0.167. The lowest BCUT2D eigenvalue weighted by atomic mass is 10.3. The van der Waals surface area contributed by atoms with E-state index in [1.807, 2.05) is 12.1 Å². The highest BCUT2D eigenvalue weighted by Crippen LogP contribution is 2.22. The molecule has 3 N–H and O–H groups in total. The maximum absolute atomic E-state index is 11.6. The van der Waals surface area contributed by atoms with Crippen molar-refractivity contribution in [2.45, 2.75) is 0 Å². The van der Waals surface area contributed by atoms with Gasteiger partial charge in [-0.3, -0.25) is 9.36 Å². The van der Waals surface area contributed by atoms with Crippen LogP contribution in [-0.2, 0) is 7.05 Å². The van der Waals surface area contributed by atoms with Gasteiger partial charge in [-0.15, -0.1) is 0 Å². The first kappa shape index (κ1) is 11.6. The number of H-pyrrole nitrogens is 3. The van der Waals surface area contributed by atoms with Gasteiger partial charge in [0, 0.05) is 13.1 Å². The van der Waals surface area contributed by atoms with Crippen molar-refractivity contribution in [3.05, 3.63) is 45.1 Å². The molecule has 0 aliphatic carbocycles. The highest BCUT2D eigenvalue weighted by atomic mass is 16.1. The highest BCUT2D eigenvalue weighted by molar-refractivity contribution is 5.92. The lowest BCUT2D eigenvalue weighted by molar-refractivity contribution is 0.892. The van der Waals surface area contributed by atoms with E-state index in [0.717, 1.165) is 22.1 Å². The number of rotatable bonds is 1. The van der Waals surface area contributed by atoms with Gasteiger partial charge in [0.2, 0.25) is 0 Å². The van der Waals surface area contributed by atoms with Gasteiger partial charge in [-0.05, 0) is 18.2 Å². The van der Waals surface area contributed by atoms with E-state index in [-0.39, 0.29) is 11.2 Å². The molecular formula is C13H10N6O2. The molecule has 4 rings (SSSR count). The second kappa shape index (κ2) is 3.92. The lowest BCUT2D eigenvalue weighted by Gasteiger charge is -1.92. The van der Waals surface area contributed by atoms with Gasteiger partial charge >= 0.3 is 5.69 Å². The molecule has 0 aliphatic rings. The molecule has 21 heavy (non-hydrogen) atoms. The largest absolute Gasteiger partial charge is 0.337 e. The van der Waals surface area contributed by atoms with Crippen LogP contribution in [0.15, 0.2) is 33.9 Å². The van der Waals surface area contributed by atoms with Crippen LogP contribution in [0.4, 0.5) is 0 Å². The highest BCUT2D eigenvalue weighted by Gasteiger charge is 2.10. The molecule has 3 heterocycles. The van der Waals surface area contributed by atoms with Gasteiger partial charge in [0.15, 0.2) is 5.82 Å². The third-order valence-corrected chi connectivity index (χ3v) is 3.43. The third kappa shape index (κ3) is 1.69. The Balaban J connectivity index is 1.97. The zero-order chi connectivity index (χ0) is 14.6. The molecular weight excluding hydrogens is 272 g/mol. The first-order valence-corrected chi connectivity index (χ1v) is 6.26. The molecule has 8 heteroatoms. The Labute approximate surface area is 116 Å². The molecule has 8 nitrogen and oxygen atoms in total. The molecule has 0 unspecified atom stereocenters. The van der Waals surface area contributed by atoms with Crippen LogP contribution in [0.25, 0.3) is 33.6 Å². The number of aromatic amines is 3. The van der Waals surface area contributed by atoms with Crippen LogP contribution in [0.5, 0.6) is 0 Å². The number of nitrogens with one attached hydrogen (secondary N) is 3. The fraction of sp³-hybridized carbons (Fsp3) is 0.0769. The molecule has 0 saturated carbocycles. The predicted molar refractivity (Wildman–Crippen MR) is 77.0 cm³/mol. The van der Waals surface area contributed by atoms with Crippen LogP contribution in [0, 0.1) is 0 Å². The van der Waals surface area contributed by atoms with E-state index in [9.17, 15) is 9.59 Å². The van der Waals surface area contributed by atoms with Crippen LogP contribution < -0.4 is 11.2 Å². The normalized spacial score (nSPS) is 11.5. The summed E-state index contributed by atoms with van der Waals surface area (Å²) in [6.07, 6.45) is 0. The average Bonchev–Trinajstić information content (AvgIpc) is 2.99. The molecule has 4 aromatic rings. The van der Waals surface area contributed by atoms with E-state index in [4.69, 9.17) is 0 Å². The molecule has 0 radical (unpaired) electrons. The summed E-state index contributed by atoms with van der Waals surface area (Å²) in [5, 5.41) is 6.31. The number of imidazole rings is 2. The van der Waals surface area contributed by atoms with Crippen LogP contribution in [0.1, 0.15) is 0 Å². The SMILES string of the molecule is Cn1c(=O)[nH]c2cc3[nH]c(-c4ccc(=O)[nH]n4)nc3cc21. The number of benzene rings is 1. The zero-order valence-corrected chi connectivity index (χ0v) is 11.0. The molecule has 0 aliphatic heterocycles. The van der Waals surface area contributed by atoms with Crippen LogP contribution in [-0.4, -0.2) is 29.7 Å². The van der Waals surface area contributed by atoms with Crippen LogP contribution in [0.3, 0.4) is 0 Å². The smallest absolute Gasteiger partial charge is 0.326 e. The van der Waals surface area contributed by atoms with Crippen LogP contribution in [0.2, 0.25) is 0 Å². The van der Waals surface area contributed by atoms with Crippen molar-refractivity contribution in [3.8, 4) is 11.5 Å². The molecule has 0 spiro atoms. The summed E-state index contributed by atoms with van der Waals surface area (Å²) in [5.74, 6) is 0.555. The minimum Gasteiger partial charge on any atom is -0.337 e. The topological polar surface area (TPSA) is 112 Å². The molecule has 1 aromatic carbocycles. The predicted octanol–water partition coefficient (Wildman–Crippen LogP) is 0.493. The monoisotopic (exact) mass is 282 g/mol.